The minimum absolute atomic E-state index is 0.0498. The van der Waals surface area contributed by atoms with Crippen molar-refractivity contribution in [2.75, 3.05) is 5.32 Å². The normalized spacial score (nSPS) is 12.7. The first-order chi connectivity index (χ1) is 16.9. The van der Waals surface area contributed by atoms with E-state index in [1.807, 2.05) is 25.1 Å². The number of carbonyl (C=O) groups is 2. The third-order valence-electron chi connectivity index (χ3n) is 6.51. The van der Waals surface area contributed by atoms with Crippen molar-refractivity contribution in [3.05, 3.63) is 102 Å². The molecule has 7 heteroatoms. The summed E-state index contributed by atoms with van der Waals surface area (Å²) in [5.74, 6) is -0.484. The van der Waals surface area contributed by atoms with Crippen LogP contribution in [0.15, 0.2) is 79.0 Å². The summed E-state index contributed by atoms with van der Waals surface area (Å²) in [6.07, 6.45) is 2.52. The fraction of sp³-hybridized carbons (Fsp3) is 0.107. The Bertz CT molecular complexity index is 1630. The minimum atomic E-state index is -0.534. The van der Waals surface area contributed by atoms with Crippen molar-refractivity contribution < 1.29 is 9.59 Å². The molecule has 35 heavy (non-hydrogen) atoms. The predicted octanol–water partition coefficient (Wildman–Crippen LogP) is 4.44. The molecular weight excluding hydrogens is 438 g/mol. The van der Waals surface area contributed by atoms with Gasteiger partial charge < -0.3 is 15.6 Å². The quantitative estimate of drug-likeness (QED) is 0.405. The molecule has 6 rings (SSSR count). The molecule has 2 aromatic heterocycles. The van der Waals surface area contributed by atoms with Crippen LogP contribution >= 0.6 is 0 Å². The van der Waals surface area contributed by atoms with Gasteiger partial charge in [-0.25, -0.2) is 4.68 Å². The summed E-state index contributed by atoms with van der Waals surface area (Å²) in [5.41, 5.74) is 13.9. The van der Waals surface area contributed by atoms with Crippen molar-refractivity contribution in [1.82, 2.24) is 14.3 Å². The number of fused-ring (bicyclic) bond motifs is 2. The van der Waals surface area contributed by atoms with Crippen LogP contribution in [0.5, 0.6) is 0 Å². The molecule has 0 atom stereocenters. The van der Waals surface area contributed by atoms with Gasteiger partial charge in [0.15, 0.2) is 5.69 Å². The highest BCUT2D eigenvalue weighted by atomic mass is 16.2. The van der Waals surface area contributed by atoms with Gasteiger partial charge in [-0.05, 0) is 71.6 Å². The number of nitrogens with two attached hydrogens (primary N) is 1. The Morgan fingerprint density at radius 2 is 1.80 bits per heavy atom. The van der Waals surface area contributed by atoms with Crippen molar-refractivity contribution in [2.45, 2.75) is 19.9 Å². The van der Waals surface area contributed by atoms with Gasteiger partial charge in [-0.2, -0.15) is 5.10 Å². The van der Waals surface area contributed by atoms with Crippen LogP contribution in [-0.4, -0.2) is 26.2 Å². The standard InChI is InChI=1S/C28H23N5O2/c1-17-12-25(28(29)35)31-33(17)23-7-9-26-21(14-23)10-11-32(26)16-18-2-4-19(5-3-18)20-6-8-24-22(13-20)15-27(34)30-24/h2-14H,15-16H2,1H3,(H2,29,35)(H,30,34). The number of hydrogen-bond donors (Lipinski definition) is 2. The van der Waals surface area contributed by atoms with Crippen LogP contribution in [0.2, 0.25) is 0 Å². The van der Waals surface area contributed by atoms with Crippen molar-refractivity contribution in [3.8, 4) is 16.8 Å². The molecule has 2 amide bonds. The van der Waals surface area contributed by atoms with Crippen LogP contribution in [-0.2, 0) is 17.8 Å². The number of anilines is 1. The topological polar surface area (TPSA) is 94.9 Å². The molecule has 0 aliphatic carbocycles. The molecular formula is C28H23N5O2. The van der Waals surface area contributed by atoms with Gasteiger partial charge in [-0.15, -0.1) is 0 Å². The van der Waals surface area contributed by atoms with Gasteiger partial charge in [0.25, 0.3) is 5.91 Å². The summed E-state index contributed by atoms with van der Waals surface area (Å²) in [4.78, 5) is 23.1. The fourth-order valence-corrected chi connectivity index (χ4v) is 4.72. The maximum Gasteiger partial charge on any atom is 0.269 e. The lowest BCUT2D eigenvalue weighted by Crippen LogP contribution is -2.12. The number of aromatic nitrogens is 3. The average molecular weight is 462 g/mol. The van der Waals surface area contributed by atoms with E-state index in [0.29, 0.717) is 6.42 Å². The molecule has 0 bridgehead atoms. The van der Waals surface area contributed by atoms with Crippen LogP contribution in [0.4, 0.5) is 5.69 Å². The van der Waals surface area contributed by atoms with Crippen molar-refractivity contribution in [3.63, 3.8) is 0 Å². The summed E-state index contributed by atoms with van der Waals surface area (Å²) in [7, 11) is 0. The van der Waals surface area contributed by atoms with Crippen LogP contribution in [0, 0.1) is 6.92 Å². The van der Waals surface area contributed by atoms with Gasteiger partial charge in [0.2, 0.25) is 5.91 Å². The summed E-state index contributed by atoms with van der Waals surface area (Å²) in [5, 5.41) is 8.31. The number of carbonyl (C=O) groups excluding carboxylic acids is 2. The molecule has 172 valence electrons. The third kappa shape index (κ3) is 3.77. The molecule has 3 aromatic carbocycles. The fourth-order valence-electron chi connectivity index (χ4n) is 4.72. The molecule has 0 saturated carbocycles. The molecule has 3 heterocycles. The van der Waals surface area contributed by atoms with E-state index in [1.165, 1.54) is 5.56 Å². The Labute approximate surface area is 201 Å². The average Bonchev–Trinajstić information content (AvgIpc) is 3.54. The van der Waals surface area contributed by atoms with Crippen LogP contribution < -0.4 is 11.1 Å². The number of hydrogen-bond acceptors (Lipinski definition) is 3. The molecule has 0 fully saturated rings. The maximum absolute atomic E-state index is 11.6. The van der Waals surface area contributed by atoms with Gasteiger partial charge in [0.1, 0.15) is 0 Å². The molecule has 0 saturated heterocycles. The molecule has 7 nitrogen and oxygen atoms in total. The van der Waals surface area contributed by atoms with Gasteiger partial charge in [-0.3, -0.25) is 9.59 Å². The second-order valence-corrected chi connectivity index (χ2v) is 8.93. The highest BCUT2D eigenvalue weighted by Crippen LogP contribution is 2.29. The number of benzene rings is 3. The molecule has 0 unspecified atom stereocenters. The first-order valence-corrected chi connectivity index (χ1v) is 11.4. The van der Waals surface area contributed by atoms with E-state index in [2.05, 4.69) is 69.7 Å². The summed E-state index contributed by atoms with van der Waals surface area (Å²) < 4.78 is 3.95. The first kappa shape index (κ1) is 20.9. The number of rotatable bonds is 5. The second-order valence-electron chi connectivity index (χ2n) is 8.93. The Hall–Kier alpha value is -4.65. The van der Waals surface area contributed by atoms with Crippen LogP contribution in [0.1, 0.15) is 27.3 Å². The van der Waals surface area contributed by atoms with Crippen LogP contribution in [0.3, 0.4) is 0 Å². The lowest BCUT2D eigenvalue weighted by atomic mass is 10.0. The lowest BCUT2D eigenvalue weighted by molar-refractivity contribution is -0.115. The minimum Gasteiger partial charge on any atom is -0.364 e. The largest absolute Gasteiger partial charge is 0.364 e. The zero-order chi connectivity index (χ0) is 24.1. The Balaban J connectivity index is 1.24. The Morgan fingerprint density at radius 3 is 2.57 bits per heavy atom. The monoisotopic (exact) mass is 461 g/mol. The van der Waals surface area contributed by atoms with E-state index < -0.39 is 5.91 Å². The van der Waals surface area contributed by atoms with E-state index in [1.54, 1.807) is 10.7 Å². The van der Waals surface area contributed by atoms with E-state index in [0.717, 1.165) is 51.2 Å². The first-order valence-electron chi connectivity index (χ1n) is 11.4. The molecule has 0 radical (unpaired) electrons. The molecule has 5 aromatic rings. The predicted molar refractivity (Wildman–Crippen MR) is 136 cm³/mol. The second kappa shape index (κ2) is 7.99. The summed E-state index contributed by atoms with van der Waals surface area (Å²) in [6.45, 7) is 2.65. The Kier molecular flexibility index (Phi) is 4.77. The smallest absolute Gasteiger partial charge is 0.269 e. The number of aryl methyl sites for hydroxylation is 1. The lowest BCUT2D eigenvalue weighted by Gasteiger charge is -2.09. The number of amides is 2. The Morgan fingerprint density at radius 1 is 1.00 bits per heavy atom. The van der Waals surface area contributed by atoms with Gasteiger partial charge >= 0.3 is 0 Å². The molecule has 3 N–H and O–H groups in total. The SMILES string of the molecule is Cc1cc(C(N)=O)nn1-c1ccc2c(ccn2Cc2ccc(-c3ccc4c(c3)CC(=O)N4)cc2)c1. The zero-order valence-corrected chi connectivity index (χ0v) is 19.2. The maximum atomic E-state index is 11.6. The van der Waals surface area contributed by atoms with E-state index >= 15 is 0 Å². The summed E-state index contributed by atoms with van der Waals surface area (Å²) >= 11 is 0. The highest BCUT2D eigenvalue weighted by Gasteiger charge is 2.17. The van der Waals surface area contributed by atoms with Gasteiger partial charge in [0.05, 0.1) is 12.1 Å². The third-order valence-corrected chi connectivity index (χ3v) is 6.51. The van der Waals surface area contributed by atoms with Crippen molar-refractivity contribution in [2.24, 2.45) is 5.73 Å². The number of nitrogens with zero attached hydrogens (tertiary/aromatic N) is 3. The van der Waals surface area contributed by atoms with Crippen molar-refractivity contribution >= 4 is 28.4 Å². The van der Waals surface area contributed by atoms with Gasteiger partial charge in [0, 0.05) is 35.0 Å². The van der Waals surface area contributed by atoms with E-state index in [9.17, 15) is 9.59 Å². The molecule has 1 aliphatic rings. The summed E-state index contributed by atoms with van der Waals surface area (Å²) in [6, 6.07) is 24.6. The van der Waals surface area contributed by atoms with Gasteiger partial charge in [-0.1, -0.05) is 30.3 Å². The van der Waals surface area contributed by atoms with Crippen LogP contribution in [0.25, 0.3) is 27.7 Å². The molecule has 1 aliphatic heterocycles. The van der Waals surface area contributed by atoms with Crippen molar-refractivity contribution in [1.29, 1.82) is 0 Å². The number of nitrogens with one attached hydrogen (secondary N) is 1. The molecule has 0 spiro atoms. The van der Waals surface area contributed by atoms with E-state index in [-0.39, 0.29) is 11.6 Å². The van der Waals surface area contributed by atoms with E-state index in [4.69, 9.17) is 5.73 Å². The highest BCUT2D eigenvalue weighted by molar-refractivity contribution is 5.99. The number of primary amides is 1. The zero-order valence-electron chi connectivity index (χ0n) is 19.2.